The first-order valence-corrected chi connectivity index (χ1v) is 7.06. The van der Waals surface area contributed by atoms with Crippen LogP contribution in [0.15, 0.2) is 59.2 Å². The molecule has 4 heteroatoms. The second kappa shape index (κ2) is 4.86. The highest BCUT2D eigenvalue weighted by Gasteiger charge is 2.12. The van der Waals surface area contributed by atoms with E-state index in [4.69, 9.17) is 16.0 Å². The molecule has 2 heterocycles. The predicted octanol–water partition coefficient (Wildman–Crippen LogP) is 4.89. The van der Waals surface area contributed by atoms with Gasteiger partial charge in [0.2, 0.25) is 0 Å². The van der Waals surface area contributed by atoms with Gasteiger partial charge < -0.3 is 4.42 Å². The lowest BCUT2D eigenvalue weighted by Crippen LogP contribution is -1.92. The molecule has 0 saturated heterocycles. The lowest BCUT2D eigenvalue weighted by molar-refractivity contribution is 0.625. The summed E-state index contributed by atoms with van der Waals surface area (Å²) in [6.07, 6.45) is 8.90. The average molecular weight is 295 g/mol. The zero-order chi connectivity index (χ0) is 14.2. The van der Waals surface area contributed by atoms with E-state index in [-0.39, 0.29) is 0 Å². The first-order chi connectivity index (χ1) is 10.3. The van der Waals surface area contributed by atoms with Crippen LogP contribution in [-0.4, -0.2) is 9.97 Å². The summed E-state index contributed by atoms with van der Waals surface area (Å²) in [5.74, 6) is 1.24. The summed E-state index contributed by atoms with van der Waals surface area (Å²) >= 11 is 5.98. The number of benzene rings is 1. The predicted molar refractivity (Wildman–Crippen MR) is 84.0 cm³/mol. The summed E-state index contributed by atoms with van der Waals surface area (Å²) in [5.41, 5.74) is 2.87. The van der Waals surface area contributed by atoms with E-state index >= 15 is 0 Å². The van der Waals surface area contributed by atoms with Crippen LogP contribution in [-0.2, 0) is 0 Å². The van der Waals surface area contributed by atoms with Crippen molar-refractivity contribution in [1.29, 1.82) is 0 Å². The number of furan rings is 1. The Hall–Kier alpha value is -2.39. The summed E-state index contributed by atoms with van der Waals surface area (Å²) in [4.78, 5) is 8.91. The lowest BCUT2D eigenvalue weighted by Gasteiger charge is -2.02. The van der Waals surface area contributed by atoms with E-state index in [2.05, 4.69) is 22.1 Å². The number of allylic oxidation sites excluding steroid dienone is 4. The molecule has 0 fully saturated rings. The highest BCUT2D eigenvalue weighted by molar-refractivity contribution is 6.31. The van der Waals surface area contributed by atoms with Gasteiger partial charge in [-0.1, -0.05) is 29.8 Å². The fraction of sp³-hybridized carbons (Fsp3) is 0.0588. The number of fused-ring (bicyclic) bond motifs is 1. The topological polar surface area (TPSA) is 38.9 Å². The van der Waals surface area contributed by atoms with Crippen LogP contribution >= 0.6 is 11.6 Å². The maximum absolute atomic E-state index is 5.98. The molecule has 0 N–H and O–H groups in total. The SMILES string of the molecule is Clc1ccc2cc(-c3nccc(C4=CC=CC4)n3)oc2c1. The number of aromatic nitrogens is 2. The largest absolute Gasteiger partial charge is 0.453 e. The monoisotopic (exact) mass is 294 g/mol. The molecule has 0 atom stereocenters. The quantitative estimate of drug-likeness (QED) is 0.675. The summed E-state index contributed by atoms with van der Waals surface area (Å²) in [6.45, 7) is 0. The minimum atomic E-state index is 0.590. The van der Waals surface area contributed by atoms with E-state index in [1.807, 2.05) is 30.3 Å². The van der Waals surface area contributed by atoms with Crippen molar-refractivity contribution in [3.63, 3.8) is 0 Å². The van der Waals surface area contributed by atoms with E-state index in [0.717, 1.165) is 23.1 Å². The third kappa shape index (κ3) is 2.26. The molecule has 102 valence electrons. The van der Waals surface area contributed by atoms with Gasteiger partial charge in [-0.2, -0.15) is 0 Å². The third-order valence-electron chi connectivity index (χ3n) is 3.46. The highest BCUT2D eigenvalue weighted by Crippen LogP contribution is 2.29. The molecule has 0 unspecified atom stereocenters. The number of nitrogens with zero attached hydrogens (tertiary/aromatic N) is 2. The molecular weight excluding hydrogens is 284 g/mol. The van der Waals surface area contributed by atoms with Crippen molar-refractivity contribution in [1.82, 2.24) is 9.97 Å². The first kappa shape index (κ1) is 12.4. The van der Waals surface area contributed by atoms with E-state index < -0.39 is 0 Å². The molecule has 0 amide bonds. The Morgan fingerprint density at radius 1 is 1.14 bits per heavy atom. The number of halogens is 1. The zero-order valence-electron chi connectivity index (χ0n) is 11.1. The van der Waals surface area contributed by atoms with Crippen LogP contribution in [0.2, 0.25) is 5.02 Å². The molecule has 1 aliphatic rings. The summed E-state index contributed by atoms with van der Waals surface area (Å²) in [6, 6.07) is 9.43. The van der Waals surface area contributed by atoms with Gasteiger partial charge in [0.1, 0.15) is 5.58 Å². The van der Waals surface area contributed by atoms with Crippen molar-refractivity contribution in [2.45, 2.75) is 6.42 Å². The standard InChI is InChI=1S/C17H11ClN2O/c18-13-6-5-12-9-16(21-15(12)10-13)17-19-8-7-14(20-17)11-3-1-2-4-11/h1-3,5-10H,4H2. The summed E-state index contributed by atoms with van der Waals surface area (Å²) < 4.78 is 5.81. The van der Waals surface area contributed by atoms with Crippen molar-refractivity contribution in [2.24, 2.45) is 0 Å². The van der Waals surface area contributed by atoms with Crippen LogP contribution in [0.1, 0.15) is 12.1 Å². The van der Waals surface area contributed by atoms with E-state index in [1.165, 1.54) is 5.57 Å². The summed E-state index contributed by atoms with van der Waals surface area (Å²) in [7, 11) is 0. The molecule has 21 heavy (non-hydrogen) atoms. The van der Waals surface area contributed by atoms with Crippen LogP contribution in [0.4, 0.5) is 0 Å². The molecular formula is C17H11ClN2O. The Morgan fingerprint density at radius 2 is 2.10 bits per heavy atom. The van der Waals surface area contributed by atoms with Gasteiger partial charge in [-0.15, -0.1) is 0 Å². The van der Waals surface area contributed by atoms with Crippen LogP contribution in [0, 0.1) is 0 Å². The Balaban J connectivity index is 1.79. The fourth-order valence-electron chi connectivity index (χ4n) is 2.41. The van der Waals surface area contributed by atoms with Gasteiger partial charge in [0, 0.05) is 22.7 Å². The minimum absolute atomic E-state index is 0.590. The first-order valence-electron chi connectivity index (χ1n) is 6.68. The molecule has 3 nitrogen and oxygen atoms in total. The average Bonchev–Trinajstić information content (AvgIpc) is 3.16. The molecule has 4 rings (SSSR count). The second-order valence-corrected chi connectivity index (χ2v) is 5.32. The lowest BCUT2D eigenvalue weighted by atomic mass is 10.1. The van der Waals surface area contributed by atoms with Crippen molar-refractivity contribution in [2.75, 3.05) is 0 Å². The van der Waals surface area contributed by atoms with Crippen LogP contribution in [0.3, 0.4) is 0 Å². The van der Waals surface area contributed by atoms with Gasteiger partial charge >= 0.3 is 0 Å². The van der Waals surface area contributed by atoms with Crippen LogP contribution in [0.5, 0.6) is 0 Å². The van der Waals surface area contributed by atoms with Crippen molar-refractivity contribution in [3.8, 4) is 11.6 Å². The Bertz CT molecular complexity index is 893. The minimum Gasteiger partial charge on any atom is -0.453 e. The fourth-order valence-corrected chi connectivity index (χ4v) is 2.57. The number of rotatable bonds is 2. The molecule has 2 aromatic heterocycles. The van der Waals surface area contributed by atoms with Gasteiger partial charge in [-0.3, -0.25) is 0 Å². The van der Waals surface area contributed by atoms with Gasteiger partial charge in [0.25, 0.3) is 0 Å². The molecule has 0 saturated carbocycles. The smallest absolute Gasteiger partial charge is 0.196 e. The van der Waals surface area contributed by atoms with Gasteiger partial charge in [0.05, 0.1) is 5.69 Å². The number of hydrogen-bond acceptors (Lipinski definition) is 3. The zero-order valence-corrected chi connectivity index (χ0v) is 11.8. The van der Waals surface area contributed by atoms with Crippen molar-refractivity contribution >= 4 is 28.1 Å². The maximum Gasteiger partial charge on any atom is 0.196 e. The summed E-state index contributed by atoms with van der Waals surface area (Å²) in [5, 5.41) is 1.64. The molecule has 3 aromatic rings. The normalized spacial score (nSPS) is 13.9. The van der Waals surface area contributed by atoms with E-state index in [0.29, 0.717) is 16.6 Å². The number of hydrogen-bond donors (Lipinski definition) is 0. The highest BCUT2D eigenvalue weighted by atomic mass is 35.5. The molecule has 0 radical (unpaired) electrons. The van der Waals surface area contributed by atoms with Crippen molar-refractivity contribution in [3.05, 3.63) is 65.5 Å². The van der Waals surface area contributed by atoms with Gasteiger partial charge in [-0.05, 0) is 36.3 Å². The molecule has 1 aliphatic carbocycles. The van der Waals surface area contributed by atoms with Crippen molar-refractivity contribution < 1.29 is 4.42 Å². The molecule has 0 bridgehead atoms. The third-order valence-corrected chi connectivity index (χ3v) is 3.69. The van der Waals surface area contributed by atoms with Gasteiger partial charge in [-0.25, -0.2) is 9.97 Å². The Kier molecular flexibility index (Phi) is 2.86. The van der Waals surface area contributed by atoms with E-state index in [9.17, 15) is 0 Å². The molecule has 0 aliphatic heterocycles. The van der Waals surface area contributed by atoms with Gasteiger partial charge in [0.15, 0.2) is 11.6 Å². The van der Waals surface area contributed by atoms with Crippen LogP contribution < -0.4 is 0 Å². The molecule has 1 aromatic carbocycles. The van der Waals surface area contributed by atoms with E-state index in [1.54, 1.807) is 12.3 Å². The Labute approximate surface area is 126 Å². The van der Waals surface area contributed by atoms with Crippen LogP contribution in [0.25, 0.3) is 28.1 Å². The Morgan fingerprint density at radius 3 is 2.95 bits per heavy atom. The molecule has 0 spiro atoms. The maximum atomic E-state index is 5.98. The second-order valence-electron chi connectivity index (χ2n) is 4.88.